The molecule has 0 aliphatic carbocycles. The molecule has 0 spiro atoms. The standard InChI is InChI=1S/C14H20F2N2O/c1-10(14-12(15)4-3-5-13(14)16)18-6-7-19-11(9-18)8-17-2/h3-5,10-11,17H,6-9H2,1-2H3. The lowest BCUT2D eigenvalue weighted by atomic mass is 10.0. The molecule has 0 amide bonds. The maximum atomic E-state index is 13.8. The van der Waals surface area contributed by atoms with E-state index in [0.717, 1.165) is 6.54 Å². The number of morpholine rings is 1. The quantitative estimate of drug-likeness (QED) is 0.905. The van der Waals surface area contributed by atoms with Gasteiger partial charge in [-0.25, -0.2) is 8.78 Å². The minimum absolute atomic E-state index is 0.0658. The van der Waals surface area contributed by atoms with E-state index >= 15 is 0 Å². The Bertz CT molecular complexity index is 406. The fourth-order valence-electron chi connectivity index (χ4n) is 2.54. The van der Waals surface area contributed by atoms with Gasteiger partial charge in [0, 0.05) is 31.2 Å². The van der Waals surface area contributed by atoms with E-state index in [1.54, 1.807) is 0 Å². The Morgan fingerprint density at radius 3 is 2.74 bits per heavy atom. The molecule has 1 aliphatic heterocycles. The maximum absolute atomic E-state index is 13.8. The van der Waals surface area contributed by atoms with Crippen LogP contribution in [0.25, 0.3) is 0 Å². The Kier molecular flexibility index (Phi) is 4.85. The van der Waals surface area contributed by atoms with Crippen LogP contribution in [0.3, 0.4) is 0 Å². The minimum Gasteiger partial charge on any atom is -0.374 e. The van der Waals surface area contributed by atoms with Crippen LogP contribution >= 0.6 is 0 Å². The molecule has 0 bridgehead atoms. The lowest BCUT2D eigenvalue weighted by Crippen LogP contribution is -2.47. The van der Waals surface area contributed by atoms with Crippen molar-refractivity contribution in [3.8, 4) is 0 Å². The summed E-state index contributed by atoms with van der Waals surface area (Å²) in [4.78, 5) is 2.06. The van der Waals surface area contributed by atoms with Crippen LogP contribution in [0.1, 0.15) is 18.5 Å². The number of nitrogens with zero attached hydrogens (tertiary/aromatic N) is 1. The zero-order chi connectivity index (χ0) is 13.8. The van der Waals surface area contributed by atoms with Gasteiger partial charge in [-0.2, -0.15) is 0 Å². The van der Waals surface area contributed by atoms with Crippen molar-refractivity contribution in [1.82, 2.24) is 10.2 Å². The number of halogens is 2. The van der Waals surface area contributed by atoms with Gasteiger partial charge < -0.3 is 10.1 Å². The van der Waals surface area contributed by atoms with Gasteiger partial charge >= 0.3 is 0 Å². The number of benzene rings is 1. The lowest BCUT2D eigenvalue weighted by Gasteiger charge is -2.37. The molecule has 0 saturated carbocycles. The van der Waals surface area contributed by atoms with E-state index in [2.05, 4.69) is 10.2 Å². The molecule has 1 heterocycles. The predicted octanol–water partition coefficient (Wildman–Crippen LogP) is 1.95. The molecule has 3 nitrogen and oxygen atoms in total. The van der Waals surface area contributed by atoms with Gasteiger partial charge in [0.1, 0.15) is 11.6 Å². The molecule has 2 unspecified atom stereocenters. The van der Waals surface area contributed by atoms with Gasteiger partial charge in [0.25, 0.3) is 0 Å². The summed E-state index contributed by atoms with van der Waals surface area (Å²) in [6.45, 7) is 4.53. The number of hydrogen-bond donors (Lipinski definition) is 1. The molecule has 0 aromatic heterocycles. The predicted molar refractivity (Wildman–Crippen MR) is 70.0 cm³/mol. The highest BCUT2D eigenvalue weighted by Gasteiger charge is 2.27. The Labute approximate surface area is 112 Å². The Morgan fingerprint density at radius 2 is 2.11 bits per heavy atom. The average Bonchev–Trinajstić information content (AvgIpc) is 2.39. The molecule has 2 atom stereocenters. The van der Waals surface area contributed by atoms with Crippen LogP contribution in [0.4, 0.5) is 8.78 Å². The Morgan fingerprint density at radius 1 is 1.42 bits per heavy atom. The highest BCUT2D eigenvalue weighted by atomic mass is 19.1. The van der Waals surface area contributed by atoms with Crippen molar-refractivity contribution >= 4 is 0 Å². The van der Waals surface area contributed by atoms with Crippen LogP contribution < -0.4 is 5.32 Å². The van der Waals surface area contributed by atoms with E-state index in [1.165, 1.54) is 18.2 Å². The number of likely N-dealkylation sites (N-methyl/N-ethyl adjacent to an activating group) is 1. The SMILES string of the molecule is CNCC1CN(C(C)c2c(F)cccc2F)CCO1. The molecular formula is C14H20F2N2O. The van der Waals surface area contributed by atoms with Crippen molar-refractivity contribution in [3.63, 3.8) is 0 Å². The summed E-state index contributed by atoms with van der Waals surface area (Å²) in [6.07, 6.45) is 0.0658. The van der Waals surface area contributed by atoms with Crippen molar-refractivity contribution in [1.29, 1.82) is 0 Å². The molecule has 106 valence electrons. The molecule has 1 fully saturated rings. The number of rotatable bonds is 4. The van der Waals surface area contributed by atoms with Gasteiger partial charge in [0.2, 0.25) is 0 Å². The first-order chi connectivity index (χ1) is 9.13. The summed E-state index contributed by atoms with van der Waals surface area (Å²) < 4.78 is 33.2. The summed E-state index contributed by atoms with van der Waals surface area (Å²) >= 11 is 0. The van der Waals surface area contributed by atoms with E-state index in [0.29, 0.717) is 19.7 Å². The summed E-state index contributed by atoms with van der Waals surface area (Å²) in [5.41, 5.74) is 0.146. The second-order valence-corrected chi connectivity index (χ2v) is 4.86. The number of hydrogen-bond acceptors (Lipinski definition) is 3. The Hall–Kier alpha value is -1.04. The molecule has 1 aromatic carbocycles. The topological polar surface area (TPSA) is 24.5 Å². The van der Waals surface area contributed by atoms with Crippen LogP contribution in [0.2, 0.25) is 0 Å². The first-order valence-corrected chi connectivity index (χ1v) is 6.57. The van der Waals surface area contributed by atoms with Crippen LogP contribution in [0.5, 0.6) is 0 Å². The van der Waals surface area contributed by atoms with E-state index in [9.17, 15) is 8.78 Å². The smallest absolute Gasteiger partial charge is 0.130 e. The normalized spacial score (nSPS) is 22.4. The van der Waals surface area contributed by atoms with Gasteiger partial charge in [-0.3, -0.25) is 4.90 Å². The van der Waals surface area contributed by atoms with E-state index in [4.69, 9.17) is 4.74 Å². The number of nitrogens with one attached hydrogen (secondary N) is 1. The van der Waals surface area contributed by atoms with Gasteiger partial charge in [0.15, 0.2) is 0 Å². The van der Waals surface area contributed by atoms with Gasteiger partial charge in [-0.05, 0) is 26.1 Å². The van der Waals surface area contributed by atoms with Crippen molar-refractivity contribution in [2.45, 2.75) is 19.1 Å². The number of ether oxygens (including phenoxy) is 1. The first-order valence-electron chi connectivity index (χ1n) is 6.57. The molecule has 19 heavy (non-hydrogen) atoms. The van der Waals surface area contributed by atoms with Crippen LogP contribution in [-0.2, 0) is 4.74 Å². The van der Waals surface area contributed by atoms with Crippen molar-refractivity contribution in [3.05, 3.63) is 35.4 Å². The van der Waals surface area contributed by atoms with Crippen molar-refractivity contribution < 1.29 is 13.5 Å². The summed E-state index contributed by atoms with van der Waals surface area (Å²) in [6, 6.07) is 3.72. The van der Waals surface area contributed by atoms with Crippen molar-refractivity contribution in [2.24, 2.45) is 0 Å². The van der Waals surface area contributed by atoms with Gasteiger partial charge in [-0.15, -0.1) is 0 Å². The molecule has 1 N–H and O–H groups in total. The van der Waals surface area contributed by atoms with Crippen LogP contribution in [-0.4, -0.2) is 44.3 Å². The van der Waals surface area contributed by atoms with E-state index < -0.39 is 11.6 Å². The summed E-state index contributed by atoms with van der Waals surface area (Å²) in [5, 5.41) is 3.06. The zero-order valence-electron chi connectivity index (χ0n) is 11.3. The third-order valence-electron chi connectivity index (χ3n) is 3.57. The zero-order valence-corrected chi connectivity index (χ0v) is 11.3. The molecule has 0 radical (unpaired) electrons. The molecule has 1 aliphatic rings. The largest absolute Gasteiger partial charge is 0.374 e. The fraction of sp³-hybridized carbons (Fsp3) is 0.571. The van der Waals surface area contributed by atoms with Gasteiger partial charge in [-0.1, -0.05) is 6.07 Å². The fourth-order valence-corrected chi connectivity index (χ4v) is 2.54. The molecular weight excluding hydrogens is 250 g/mol. The van der Waals surface area contributed by atoms with E-state index in [-0.39, 0.29) is 17.7 Å². The third-order valence-corrected chi connectivity index (χ3v) is 3.57. The van der Waals surface area contributed by atoms with Gasteiger partial charge in [0.05, 0.1) is 12.7 Å². The van der Waals surface area contributed by atoms with Crippen LogP contribution in [0.15, 0.2) is 18.2 Å². The maximum Gasteiger partial charge on any atom is 0.130 e. The second-order valence-electron chi connectivity index (χ2n) is 4.86. The molecule has 5 heteroatoms. The highest BCUT2D eigenvalue weighted by molar-refractivity contribution is 5.23. The monoisotopic (exact) mass is 270 g/mol. The molecule has 2 rings (SSSR count). The Balaban J connectivity index is 2.12. The highest BCUT2D eigenvalue weighted by Crippen LogP contribution is 2.27. The summed E-state index contributed by atoms with van der Waals surface area (Å²) in [7, 11) is 1.86. The van der Waals surface area contributed by atoms with E-state index in [1.807, 2.05) is 14.0 Å². The summed E-state index contributed by atoms with van der Waals surface area (Å²) in [5.74, 6) is -0.965. The first kappa shape index (κ1) is 14.4. The molecule has 1 saturated heterocycles. The third kappa shape index (κ3) is 3.29. The van der Waals surface area contributed by atoms with Crippen LogP contribution in [0, 0.1) is 11.6 Å². The average molecular weight is 270 g/mol. The molecule has 1 aromatic rings. The lowest BCUT2D eigenvalue weighted by molar-refractivity contribution is -0.0401. The minimum atomic E-state index is -0.482. The second kappa shape index (κ2) is 6.41. The van der Waals surface area contributed by atoms with Crippen molar-refractivity contribution in [2.75, 3.05) is 33.3 Å².